The molecular formula is C15H26N2O3. The van der Waals surface area contributed by atoms with Crippen molar-refractivity contribution in [2.45, 2.75) is 56.7 Å². The van der Waals surface area contributed by atoms with Crippen LogP contribution in [0.5, 0.6) is 0 Å². The zero-order valence-corrected chi connectivity index (χ0v) is 12.4. The highest BCUT2D eigenvalue weighted by Gasteiger charge is 2.55. The number of ether oxygens (including phenoxy) is 2. The molecule has 0 aromatic carbocycles. The summed E-state index contributed by atoms with van der Waals surface area (Å²) >= 11 is 0. The van der Waals surface area contributed by atoms with Crippen LogP contribution in [0.3, 0.4) is 0 Å². The lowest BCUT2D eigenvalue weighted by atomic mass is 9.88. The number of nitrogens with one attached hydrogen (secondary N) is 1. The number of carbonyl (C=O) groups is 1. The maximum Gasteiger partial charge on any atom is 0.328 e. The Hall–Kier alpha value is -0.650. The molecule has 0 aliphatic carbocycles. The predicted octanol–water partition coefficient (Wildman–Crippen LogP) is 0.925. The first-order chi connectivity index (χ1) is 9.76. The summed E-state index contributed by atoms with van der Waals surface area (Å²) in [5.74, 6) is -0.0626. The third-order valence-corrected chi connectivity index (χ3v) is 5.03. The minimum absolute atomic E-state index is 0.0626. The van der Waals surface area contributed by atoms with Gasteiger partial charge in [0.15, 0.2) is 0 Å². The lowest BCUT2D eigenvalue weighted by Gasteiger charge is -2.34. The highest BCUT2D eigenvalue weighted by Crippen LogP contribution is 2.37. The van der Waals surface area contributed by atoms with Gasteiger partial charge in [0.1, 0.15) is 5.54 Å². The third kappa shape index (κ3) is 2.47. The summed E-state index contributed by atoms with van der Waals surface area (Å²) in [6.45, 7) is 6.08. The van der Waals surface area contributed by atoms with Crippen LogP contribution in [0.4, 0.5) is 0 Å². The smallest absolute Gasteiger partial charge is 0.328 e. The number of rotatable bonds is 5. The average Bonchev–Trinajstić information content (AvgIpc) is 3.15. The molecule has 5 nitrogen and oxygen atoms in total. The van der Waals surface area contributed by atoms with Crippen molar-refractivity contribution in [3.8, 4) is 0 Å². The Kier molecular flexibility index (Phi) is 4.29. The van der Waals surface area contributed by atoms with Crippen molar-refractivity contribution in [3.63, 3.8) is 0 Å². The first-order valence-corrected chi connectivity index (χ1v) is 8.04. The molecule has 3 unspecified atom stereocenters. The van der Waals surface area contributed by atoms with Crippen molar-refractivity contribution in [2.24, 2.45) is 0 Å². The lowest BCUT2D eigenvalue weighted by Crippen LogP contribution is -2.60. The Morgan fingerprint density at radius 1 is 1.40 bits per heavy atom. The predicted molar refractivity (Wildman–Crippen MR) is 75.6 cm³/mol. The monoisotopic (exact) mass is 282 g/mol. The Bertz CT molecular complexity index is 357. The molecule has 1 N–H and O–H groups in total. The second-order valence-electron chi connectivity index (χ2n) is 6.15. The van der Waals surface area contributed by atoms with Gasteiger partial charge in [0.05, 0.1) is 12.7 Å². The third-order valence-electron chi connectivity index (χ3n) is 5.03. The van der Waals surface area contributed by atoms with Crippen molar-refractivity contribution in [2.75, 3.05) is 32.8 Å². The summed E-state index contributed by atoms with van der Waals surface area (Å²) in [6, 6.07) is 0.308. The molecule has 0 aromatic heterocycles. The number of carbonyl (C=O) groups excluding carboxylic acids is 1. The van der Waals surface area contributed by atoms with Crippen LogP contribution in [0, 0.1) is 0 Å². The van der Waals surface area contributed by atoms with Crippen molar-refractivity contribution in [3.05, 3.63) is 0 Å². The van der Waals surface area contributed by atoms with Crippen molar-refractivity contribution in [1.29, 1.82) is 0 Å². The zero-order chi connectivity index (χ0) is 14.0. The summed E-state index contributed by atoms with van der Waals surface area (Å²) in [7, 11) is 0. The van der Waals surface area contributed by atoms with Gasteiger partial charge in [-0.2, -0.15) is 0 Å². The SMILES string of the molecule is CCOC(=O)C1(NCC2CCCO2)CCN2CCCC21. The zero-order valence-electron chi connectivity index (χ0n) is 12.4. The lowest BCUT2D eigenvalue weighted by molar-refractivity contribution is -0.152. The topological polar surface area (TPSA) is 50.8 Å². The van der Waals surface area contributed by atoms with E-state index < -0.39 is 5.54 Å². The number of hydrogen-bond donors (Lipinski definition) is 1. The van der Waals surface area contributed by atoms with E-state index in [0.717, 1.165) is 51.9 Å². The Labute approximate surface area is 121 Å². The van der Waals surface area contributed by atoms with E-state index in [1.807, 2.05) is 6.92 Å². The van der Waals surface area contributed by atoms with Crippen LogP contribution in [0.15, 0.2) is 0 Å². The van der Waals surface area contributed by atoms with E-state index in [1.165, 1.54) is 6.42 Å². The summed E-state index contributed by atoms with van der Waals surface area (Å²) in [5, 5.41) is 3.55. The van der Waals surface area contributed by atoms with E-state index in [4.69, 9.17) is 9.47 Å². The van der Waals surface area contributed by atoms with Gasteiger partial charge in [-0.1, -0.05) is 0 Å². The molecule has 0 radical (unpaired) electrons. The number of fused-ring (bicyclic) bond motifs is 1. The largest absolute Gasteiger partial charge is 0.465 e. The molecule has 3 aliphatic rings. The van der Waals surface area contributed by atoms with Gasteiger partial charge in [-0.15, -0.1) is 0 Å². The van der Waals surface area contributed by atoms with Crippen LogP contribution in [0.25, 0.3) is 0 Å². The highest BCUT2D eigenvalue weighted by molar-refractivity contribution is 5.82. The minimum atomic E-state index is -0.502. The molecule has 3 aliphatic heterocycles. The molecule has 3 fully saturated rings. The fraction of sp³-hybridized carbons (Fsp3) is 0.933. The minimum Gasteiger partial charge on any atom is -0.465 e. The van der Waals surface area contributed by atoms with Gasteiger partial charge in [-0.25, -0.2) is 4.79 Å². The van der Waals surface area contributed by atoms with Crippen molar-refractivity contribution in [1.82, 2.24) is 10.2 Å². The van der Waals surface area contributed by atoms with Gasteiger partial charge >= 0.3 is 5.97 Å². The summed E-state index contributed by atoms with van der Waals surface area (Å²) in [6.07, 6.45) is 5.64. The molecule has 3 heterocycles. The van der Waals surface area contributed by atoms with Gasteiger partial charge in [-0.3, -0.25) is 10.2 Å². The van der Waals surface area contributed by atoms with Gasteiger partial charge < -0.3 is 9.47 Å². The maximum absolute atomic E-state index is 12.6. The molecule has 0 aromatic rings. The Balaban J connectivity index is 1.71. The maximum atomic E-state index is 12.6. The molecule has 3 atom stereocenters. The van der Waals surface area contributed by atoms with E-state index >= 15 is 0 Å². The van der Waals surface area contributed by atoms with Gasteiger partial charge in [0.2, 0.25) is 0 Å². The highest BCUT2D eigenvalue weighted by atomic mass is 16.5. The summed E-state index contributed by atoms with van der Waals surface area (Å²) < 4.78 is 11.1. The fourth-order valence-electron chi connectivity index (χ4n) is 4.02. The van der Waals surface area contributed by atoms with Gasteiger partial charge in [0, 0.05) is 25.7 Å². The Morgan fingerprint density at radius 2 is 2.30 bits per heavy atom. The van der Waals surface area contributed by atoms with E-state index in [1.54, 1.807) is 0 Å². The molecule has 3 saturated heterocycles. The summed E-state index contributed by atoms with van der Waals surface area (Å²) in [5.41, 5.74) is -0.502. The van der Waals surface area contributed by atoms with E-state index in [-0.39, 0.29) is 12.1 Å². The second-order valence-corrected chi connectivity index (χ2v) is 6.15. The van der Waals surface area contributed by atoms with Crippen LogP contribution in [0.1, 0.15) is 39.0 Å². The van der Waals surface area contributed by atoms with Crippen molar-refractivity contribution >= 4 is 5.97 Å². The average molecular weight is 282 g/mol. The number of esters is 1. The molecule has 3 rings (SSSR count). The Morgan fingerprint density at radius 3 is 3.05 bits per heavy atom. The molecule has 114 valence electrons. The number of nitrogens with zero attached hydrogens (tertiary/aromatic N) is 1. The van der Waals surface area contributed by atoms with Crippen LogP contribution in [-0.2, 0) is 14.3 Å². The first kappa shape index (κ1) is 14.3. The van der Waals surface area contributed by atoms with Crippen LogP contribution in [0.2, 0.25) is 0 Å². The van der Waals surface area contributed by atoms with Crippen molar-refractivity contribution < 1.29 is 14.3 Å². The molecule has 5 heteroatoms. The van der Waals surface area contributed by atoms with Gasteiger partial charge in [-0.05, 0) is 45.6 Å². The normalized spacial score (nSPS) is 37.2. The molecule has 0 spiro atoms. The van der Waals surface area contributed by atoms with Crippen LogP contribution >= 0.6 is 0 Å². The molecule has 0 amide bonds. The number of hydrogen-bond acceptors (Lipinski definition) is 5. The van der Waals surface area contributed by atoms with E-state index in [9.17, 15) is 4.79 Å². The molecular weight excluding hydrogens is 256 g/mol. The first-order valence-electron chi connectivity index (χ1n) is 8.04. The standard InChI is InChI=1S/C15H26N2O3/c1-2-19-14(18)15(16-11-12-5-4-10-20-12)7-9-17-8-3-6-13(15)17/h12-13,16H,2-11H2,1H3. The molecule has 0 bridgehead atoms. The van der Waals surface area contributed by atoms with E-state index in [0.29, 0.717) is 12.6 Å². The van der Waals surface area contributed by atoms with E-state index in [2.05, 4.69) is 10.2 Å². The van der Waals surface area contributed by atoms with Crippen LogP contribution in [-0.4, -0.2) is 61.4 Å². The quantitative estimate of drug-likeness (QED) is 0.760. The molecule has 0 saturated carbocycles. The second kappa shape index (κ2) is 6.00. The van der Waals surface area contributed by atoms with Crippen LogP contribution < -0.4 is 5.32 Å². The summed E-state index contributed by atoms with van der Waals surface area (Å²) in [4.78, 5) is 15.0. The fourth-order valence-corrected chi connectivity index (χ4v) is 4.02. The van der Waals surface area contributed by atoms with Gasteiger partial charge in [0.25, 0.3) is 0 Å². The molecule has 20 heavy (non-hydrogen) atoms.